The van der Waals surface area contributed by atoms with Gasteiger partial charge in [0.2, 0.25) is 0 Å². The summed E-state index contributed by atoms with van der Waals surface area (Å²) >= 11 is 0. The average Bonchev–Trinajstić information content (AvgIpc) is 1.87. The van der Waals surface area contributed by atoms with Crippen LogP contribution in [0.4, 0.5) is 0 Å². The zero-order valence-electron chi connectivity index (χ0n) is 6.72. The monoisotopic (exact) mass is 137 g/mol. The Balaban J connectivity index is 2.75. The standard InChI is InChI=1S/C9H15N/c1-4-8-6-5-7-10-9(8,2)3/h4-6,8,10H,1,7H2,2-3H3. The summed E-state index contributed by atoms with van der Waals surface area (Å²) < 4.78 is 0. The fourth-order valence-electron chi connectivity index (χ4n) is 1.27. The second-order valence-corrected chi connectivity index (χ2v) is 3.29. The Bertz CT molecular complexity index is 156. The third kappa shape index (κ3) is 1.29. The largest absolute Gasteiger partial charge is 0.307 e. The Morgan fingerprint density at radius 3 is 2.80 bits per heavy atom. The van der Waals surface area contributed by atoms with E-state index < -0.39 is 0 Å². The van der Waals surface area contributed by atoms with Crippen LogP contribution in [0.3, 0.4) is 0 Å². The van der Waals surface area contributed by atoms with Crippen molar-refractivity contribution >= 4 is 0 Å². The maximum atomic E-state index is 3.79. The normalized spacial score (nSPS) is 30.0. The molecule has 1 unspecified atom stereocenters. The van der Waals surface area contributed by atoms with E-state index in [-0.39, 0.29) is 5.54 Å². The highest BCUT2D eigenvalue weighted by atomic mass is 15.0. The zero-order chi connectivity index (χ0) is 7.61. The van der Waals surface area contributed by atoms with Crippen molar-refractivity contribution in [1.82, 2.24) is 5.32 Å². The lowest BCUT2D eigenvalue weighted by Gasteiger charge is -2.34. The Morgan fingerprint density at radius 2 is 2.40 bits per heavy atom. The molecule has 1 nitrogen and oxygen atoms in total. The van der Waals surface area contributed by atoms with E-state index in [1.807, 2.05) is 6.08 Å². The smallest absolute Gasteiger partial charge is 0.0225 e. The van der Waals surface area contributed by atoms with E-state index in [0.717, 1.165) is 6.54 Å². The first-order valence-corrected chi connectivity index (χ1v) is 3.71. The third-order valence-electron chi connectivity index (χ3n) is 2.11. The molecule has 1 atom stereocenters. The molecule has 0 fully saturated rings. The summed E-state index contributed by atoms with van der Waals surface area (Å²) in [6.07, 6.45) is 6.35. The first-order chi connectivity index (χ1) is 4.67. The first-order valence-electron chi connectivity index (χ1n) is 3.71. The molecule has 1 N–H and O–H groups in total. The van der Waals surface area contributed by atoms with Crippen molar-refractivity contribution in [3.8, 4) is 0 Å². The second-order valence-electron chi connectivity index (χ2n) is 3.29. The molecular formula is C9H15N. The predicted molar refractivity (Wildman–Crippen MR) is 44.9 cm³/mol. The van der Waals surface area contributed by atoms with Crippen LogP contribution in [0.15, 0.2) is 24.8 Å². The van der Waals surface area contributed by atoms with Gasteiger partial charge in [-0.15, -0.1) is 6.58 Å². The van der Waals surface area contributed by atoms with E-state index in [1.54, 1.807) is 0 Å². The van der Waals surface area contributed by atoms with Gasteiger partial charge in [-0.05, 0) is 13.8 Å². The van der Waals surface area contributed by atoms with Crippen LogP contribution in [0.1, 0.15) is 13.8 Å². The molecular weight excluding hydrogens is 122 g/mol. The van der Waals surface area contributed by atoms with Crippen molar-refractivity contribution in [3.63, 3.8) is 0 Å². The summed E-state index contributed by atoms with van der Waals surface area (Å²) in [5.74, 6) is 0.473. The van der Waals surface area contributed by atoms with E-state index >= 15 is 0 Å². The van der Waals surface area contributed by atoms with Crippen molar-refractivity contribution in [2.24, 2.45) is 5.92 Å². The van der Waals surface area contributed by atoms with Gasteiger partial charge in [0.1, 0.15) is 0 Å². The van der Waals surface area contributed by atoms with Crippen LogP contribution >= 0.6 is 0 Å². The Kier molecular flexibility index (Phi) is 1.95. The molecule has 1 heteroatoms. The molecule has 0 aromatic rings. The van der Waals surface area contributed by atoms with Crippen molar-refractivity contribution in [2.75, 3.05) is 6.54 Å². The fourth-order valence-corrected chi connectivity index (χ4v) is 1.27. The molecule has 0 spiro atoms. The highest BCUT2D eigenvalue weighted by Gasteiger charge is 2.25. The van der Waals surface area contributed by atoms with Crippen LogP contribution in [-0.2, 0) is 0 Å². The van der Waals surface area contributed by atoms with E-state index in [0.29, 0.717) is 5.92 Å². The molecule has 0 aromatic heterocycles. The van der Waals surface area contributed by atoms with Gasteiger partial charge >= 0.3 is 0 Å². The molecule has 1 aliphatic heterocycles. The van der Waals surface area contributed by atoms with Gasteiger partial charge in [0, 0.05) is 18.0 Å². The molecule has 1 rings (SSSR count). The summed E-state index contributed by atoms with van der Waals surface area (Å²) in [5, 5.41) is 3.40. The first kappa shape index (κ1) is 7.55. The van der Waals surface area contributed by atoms with Gasteiger partial charge in [-0.2, -0.15) is 0 Å². The number of hydrogen-bond donors (Lipinski definition) is 1. The molecule has 0 saturated heterocycles. The average molecular weight is 137 g/mol. The molecule has 0 aromatic carbocycles. The fraction of sp³-hybridized carbons (Fsp3) is 0.556. The molecule has 56 valence electrons. The minimum absolute atomic E-state index is 0.191. The Labute approximate surface area is 62.8 Å². The summed E-state index contributed by atoms with van der Waals surface area (Å²) in [7, 11) is 0. The molecule has 0 aliphatic carbocycles. The summed E-state index contributed by atoms with van der Waals surface area (Å²) in [5.41, 5.74) is 0.191. The van der Waals surface area contributed by atoms with Crippen LogP contribution in [0, 0.1) is 5.92 Å². The molecule has 10 heavy (non-hydrogen) atoms. The maximum absolute atomic E-state index is 3.79. The minimum Gasteiger partial charge on any atom is -0.307 e. The van der Waals surface area contributed by atoms with E-state index in [2.05, 4.69) is 37.9 Å². The van der Waals surface area contributed by atoms with Crippen LogP contribution in [0.25, 0.3) is 0 Å². The van der Waals surface area contributed by atoms with Gasteiger partial charge in [0.25, 0.3) is 0 Å². The van der Waals surface area contributed by atoms with Crippen molar-refractivity contribution in [1.29, 1.82) is 0 Å². The van der Waals surface area contributed by atoms with Gasteiger partial charge in [0.05, 0.1) is 0 Å². The van der Waals surface area contributed by atoms with Crippen LogP contribution < -0.4 is 5.32 Å². The van der Waals surface area contributed by atoms with Crippen molar-refractivity contribution < 1.29 is 0 Å². The molecule has 0 amide bonds. The number of hydrogen-bond acceptors (Lipinski definition) is 1. The minimum atomic E-state index is 0.191. The number of nitrogens with one attached hydrogen (secondary N) is 1. The summed E-state index contributed by atoms with van der Waals surface area (Å²) in [6.45, 7) is 9.17. The molecule has 1 heterocycles. The molecule has 0 saturated carbocycles. The topological polar surface area (TPSA) is 12.0 Å². The molecule has 0 radical (unpaired) electrons. The van der Waals surface area contributed by atoms with Crippen LogP contribution in [0.2, 0.25) is 0 Å². The zero-order valence-corrected chi connectivity index (χ0v) is 6.72. The van der Waals surface area contributed by atoms with Gasteiger partial charge in [-0.1, -0.05) is 18.2 Å². The second kappa shape index (κ2) is 2.59. The summed E-state index contributed by atoms with van der Waals surface area (Å²) in [4.78, 5) is 0. The Hall–Kier alpha value is -0.560. The Morgan fingerprint density at radius 1 is 1.70 bits per heavy atom. The van der Waals surface area contributed by atoms with E-state index in [9.17, 15) is 0 Å². The lowest BCUT2D eigenvalue weighted by Crippen LogP contribution is -2.47. The van der Waals surface area contributed by atoms with Crippen LogP contribution in [0.5, 0.6) is 0 Å². The number of rotatable bonds is 1. The van der Waals surface area contributed by atoms with Gasteiger partial charge in [-0.25, -0.2) is 0 Å². The van der Waals surface area contributed by atoms with Crippen molar-refractivity contribution in [3.05, 3.63) is 24.8 Å². The van der Waals surface area contributed by atoms with Gasteiger partial charge < -0.3 is 5.32 Å². The predicted octanol–water partition coefficient (Wildman–Crippen LogP) is 1.73. The quantitative estimate of drug-likeness (QED) is 0.543. The molecule has 0 bridgehead atoms. The van der Waals surface area contributed by atoms with Crippen LogP contribution in [-0.4, -0.2) is 12.1 Å². The van der Waals surface area contributed by atoms with Gasteiger partial charge in [0.15, 0.2) is 0 Å². The summed E-state index contributed by atoms with van der Waals surface area (Å²) in [6, 6.07) is 0. The maximum Gasteiger partial charge on any atom is 0.0225 e. The highest BCUT2D eigenvalue weighted by Crippen LogP contribution is 2.21. The SMILES string of the molecule is C=CC1C=CCNC1(C)C. The molecule has 1 aliphatic rings. The lowest BCUT2D eigenvalue weighted by molar-refractivity contribution is 0.337. The third-order valence-corrected chi connectivity index (χ3v) is 2.11. The van der Waals surface area contributed by atoms with E-state index in [4.69, 9.17) is 0 Å². The van der Waals surface area contributed by atoms with Crippen molar-refractivity contribution in [2.45, 2.75) is 19.4 Å². The van der Waals surface area contributed by atoms with Gasteiger partial charge in [-0.3, -0.25) is 0 Å². The lowest BCUT2D eigenvalue weighted by atomic mass is 9.85. The highest BCUT2D eigenvalue weighted by molar-refractivity contribution is 5.11. The van der Waals surface area contributed by atoms with E-state index in [1.165, 1.54) is 0 Å².